The summed E-state index contributed by atoms with van der Waals surface area (Å²) < 4.78 is 27.8. The predicted molar refractivity (Wildman–Crippen MR) is 79.5 cm³/mol. The van der Waals surface area contributed by atoms with Crippen molar-refractivity contribution < 1.29 is 22.7 Å². The second kappa shape index (κ2) is 7.07. The molecule has 1 rings (SSSR count). The molecule has 0 radical (unpaired) electrons. The van der Waals surface area contributed by atoms with E-state index in [-0.39, 0.29) is 6.61 Å². The summed E-state index contributed by atoms with van der Waals surface area (Å²) in [6.45, 7) is 3.47. The Morgan fingerprint density at radius 2 is 1.95 bits per heavy atom. The van der Waals surface area contributed by atoms with Gasteiger partial charge in [-0.25, -0.2) is 8.42 Å². The number of nitrogens with two attached hydrogens (primary N) is 1. The topological polar surface area (TPSA) is 116 Å². The third kappa shape index (κ3) is 5.82. The summed E-state index contributed by atoms with van der Waals surface area (Å²) in [7, 11) is -3.86. The Bertz CT molecular complexity index is 640. The van der Waals surface area contributed by atoms with Gasteiger partial charge in [0, 0.05) is 11.4 Å². The second-order valence-corrected chi connectivity index (χ2v) is 6.52. The predicted octanol–water partition coefficient (Wildman–Crippen LogP) is 0.494. The smallest absolute Gasteiger partial charge is 0.321 e. The minimum Gasteiger partial charge on any atom is -0.465 e. The van der Waals surface area contributed by atoms with Gasteiger partial charge in [-0.15, -0.1) is 0 Å². The van der Waals surface area contributed by atoms with Crippen molar-refractivity contribution in [2.75, 3.05) is 29.2 Å². The van der Waals surface area contributed by atoms with Crippen molar-refractivity contribution in [2.45, 2.75) is 13.8 Å². The number of sulfone groups is 1. The molecule has 1 amide bonds. The van der Waals surface area contributed by atoms with E-state index >= 15 is 0 Å². The maximum atomic E-state index is 11.7. The number of hydrogen-bond donors (Lipinski definition) is 2. The Kier molecular flexibility index (Phi) is 5.71. The van der Waals surface area contributed by atoms with Gasteiger partial charge in [-0.05, 0) is 31.5 Å². The summed E-state index contributed by atoms with van der Waals surface area (Å²) in [5, 5.41) is 2.42. The van der Waals surface area contributed by atoms with E-state index in [1.54, 1.807) is 19.1 Å². The number of nitrogen functional groups attached to an aromatic ring is 1. The maximum Gasteiger partial charge on any atom is 0.321 e. The molecule has 7 nitrogen and oxygen atoms in total. The number of ether oxygens (including phenoxy) is 1. The van der Waals surface area contributed by atoms with Crippen molar-refractivity contribution in [3.05, 3.63) is 23.8 Å². The molecule has 0 bridgehead atoms. The highest BCUT2D eigenvalue weighted by Gasteiger charge is 2.21. The zero-order chi connectivity index (χ0) is 16.0. The summed E-state index contributed by atoms with van der Waals surface area (Å²) in [5.41, 5.74) is 7.43. The Morgan fingerprint density at radius 3 is 2.52 bits per heavy atom. The number of benzene rings is 1. The largest absolute Gasteiger partial charge is 0.465 e. The molecule has 0 aromatic heterocycles. The SMILES string of the molecule is CCOC(=O)CS(=O)(=O)CC(=O)Nc1ccc(C)c(N)c1. The van der Waals surface area contributed by atoms with Crippen LogP contribution in [0.5, 0.6) is 0 Å². The average molecular weight is 314 g/mol. The molecular formula is C13H18N2O5S. The fourth-order valence-electron chi connectivity index (χ4n) is 1.55. The molecule has 0 fully saturated rings. The number of carbonyl (C=O) groups is 2. The van der Waals surface area contributed by atoms with Gasteiger partial charge in [0.25, 0.3) is 0 Å². The van der Waals surface area contributed by atoms with Gasteiger partial charge in [-0.3, -0.25) is 9.59 Å². The molecular weight excluding hydrogens is 296 g/mol. The highest BCUT2D eigenvalue weighted by atomic mass is 32.2. The van der Waals surface area contributed by atoms with Gasteiger partial charge in [0.05, 0.1) is 6.61 Å². The van der Waals surface area contributed by atoms with Gasteiger partial charge in [0.15, 0.2) is 9.84 Å². The fraction of sp³-hybridized carbons (Fsp3) is 0.385. The Labute approximate surface area is 123 Å². The van der Waals surface area contributed by atoms with E-state index in [2.05, 4.69) is 10.1 Å². The normalized spacial score (nSPS) is 11.0. The molecule has 116 valence electrons. The van der Waals surface area contributed by atoms with Crippen LogP contribution in [-0.2, 0) is 24.2 Å². The Morgan fingerprint density at radius 1 is 1.29 bits per heavy atom. The van der Waals surface area contributed by atoms with E-state index in [1.807, 2.05) is 6.92 Å². The molecule has 8 heteroatoms. The lowest BCUT2D eigenvalue weighted by Crippen LogP contribution is -2.28. The summed E-state index contributed by atoms with van der Waals surface area (Å²) in [4.78, 5) is 22.8. The number of amides is 1. The second-order valence-electron chi connectivity index (χ2n) is 4.46. The molecule has 0 unspecified atom stereocenters. The van der Waals surface area contributed by atoms with E-state index < -0.39 is 33.2 Å². The van der Waals surface area contributed by atoms with Gasteiger partial charge in [0.2, 0.25) is 5.91 Å². The lowest BCUT2D eigenvalue weighted by Gasteiger charge is -2.08. The van der Waals surface area contributed by atoms with Crippen molar-refractivity contribution in [3.63, 3.8) is 0 Å². The van der Waals surface area contributed by atoms with Crippen LogP contribution in [0.2, 0.25) is 0 Å². The third-order valence-electron chi connectivity index (χ3n) is 2.56. The molecule has 0 aliphatic carbocycles. The van der Waals surface area contributed by atoms with Crippen molar-refractivity contribution >= 4 is 33.1 Å². The highest BCUT2D eigenvalue weighted by Crippen LogP contribution is 2.16. The van der Waals surface area contributed by atoms with Gasteiger partial charge in [-0.1, -0.05) is 6.07 Å². The zero-order valence-corrected chi connectivity index (χ0v) is 12.7. The fourth-order valence-corrected chi connectivity index (χ4v) is 2.56. The van der Waals surface area contributed by atoms with Crippen LogP contribution in [-0.4, -0.2) is 38.4 Å². The minimum atomic E-state index is -3.86. The number of nitrogens with one attached hydrogen (secondary N) is 1. The summed E-state index contributed by atoms with van der Waals surface area (Å²) in [6.07, 6.45) is 0. The van der Waals surface area contributed by atoms with Gasteiger partial charge >= 0.3 is 5.97 Å². The molecule has 0 aliphatic heterocycles. The van der Waals surface area contributed by atoms with Crippen molar-refractivity contribution in [1.29, 1.82) is 0 Å². The van der Waals surface area contributed by atoms with Crippen molar-refractivity contribution in [1.82, 2.24) is 0 Å². The van der Waals surface area contributed by atoms with Crippen LogP contribution in [0.3, 0.4) is 0 Å². The minimum absolute atomic E-state index is 0.0865. The van der Waals surface area contributed by atoms with E-state index in [0.717, 1.165) is 5.56 Å². The maximum absolute atomic E-state index is 11.7. The third-order valence-corrected chi connectivity index (χ3v) is 3.93. The molecule has 0 aliphatic rings. The van der Waals surface area contributed by atoms with E-state index in [1.165, 1.54) is 6.07 Å². The number of hydrogen-bond acceptors (Lipinski definition) is 6. The van der Waals surface area contributed by atoms with Crippen LogP contribution in [0, 0.1) is 6.92 Å². The number of aryl methyl sites for hydroxylation is 1. The monoisotopic (exact) mass is 314 g/mol. The number of rotatable bonds is 6. The standard InChI is InChI=1S/C13H18N2O5S/c1-3-20-13(17)8-21(18,19)7-12(16)15-10-5-4-9(2)11(14)6-10/h4-6H,3,7-8,14H2,1-2H3,(H,15,16). The highest BCUT2D eigenvalue weighted by molar-refractivity contribution is 7.92. The van der Waals surface area contributed by atoms with Crippen LogP contribution in [0.15, 0.2) is 18.2 Å². The van der Waals surface area contributed by atoms with Crippen LogP contribution >= 0.6 is 0 Å². The molecule has 0 saturated heterocycles. The molecule has 0 atom stereocenters. The molecule has 0 spiro atoms. The first kappa shape index (κ1) is 17.0. The summed E-state index contributed by atoms with van der Waals surface area (Å²) in [5.74, 6) is -3.21. The molecule has 1 aromatic carbocycles. The van der Waals surface area contributed by atoms with Gasteiger partial charge in [0.1, 0.15) is 11.5 Å². The number of esters is 1. The van der Waals surface area contributed by atoms with Crippen LogP contribution in [0.4, 0.5) is 11.4 Å². The Hall–Kier alpha value is -2.09. The average Bonchev–Trinajstić information content (AvgIpc) is 2.32. The first-order chi connectivity index (χ1) is 9.73. The van der Waals surface area contributed by atoms with E-state index in [0.29, 0.717) is 11.4 Å². The lowest BCUT2D eigenvalue weighted by molar-refractivity contribution is -0.139. The van der Waals surface area contributed by atoms with Crippen molar-refractivity contribution in [2.24, 2.45) is 0 Å². The molecule has 1 aromatic rings. The molecule has 0 heterocycles. The molecule has 21 heavy (non-hydrogen) atoms. The van der Waals surface area contributed by atoms with E-state index in [4.69, 9.17) is 5.73 Å². The van der Waals surface area contributed by atoms with Crippen LogP contribution in [0.25, 0.3) is 0 Å². The van der Waals surface area contributed by atoms with Crippen molar-refractivity contribution in [3.8, 4) is 0 Å². The Balaban J connectivity index is 2.64. The number of carbonyl (C=O) groups excluding carboxylic acids is 2. The van der Waals surface area contributed by atoms with Crippen LogP contribution < -0.4 is 11.1 Å². The summed E-state index contributed by atoms with van der Waals surface area (Å²) >= 11 is 0. The number of anilines is 2. The first-order valence-corrected chi connectivity index (χ1v) is 8.07. The lowest BCUT2D eigenvalue weighted by atomic mass is 10.2. The van der Waals surface area contributed by atoms with Crippen LogP contribution in [0.1, 0.15) is 12.5 Å². The quantitative estimate of drug-likeness (QED) is 0.583. The van der Waals surface area contributed by atoms with Gasteiger partial charge in [-0.2, -0.15) is 0 Å². The zero-order valence-electron chi connectivity index (χ0n) is 11.9. The first-order valence-electron chi connectivity index (χ1n) is 6.25. The van der Waals surface area contributed by atoms with E-state index in [9.17, 15) is 18.0 Å². The van der Waals surface area contributed by atoms with Gasteiger partial charge < -0.3 is 15.8 Å². The molecule has 3 N–H and O–H groups in total. The summed E-state index contributed by atoms with van der Waals surface area (Å²) in [6, 6.07) is 4.85. The molecule has 0 saturated carbocycles.